The van der Waals surface area contributed by atoms with Gasteiger partial charge in [0, 0.05) is 6.07 Å². The monoisotopic (exact) mass is 289 g/mol. The van der Waals surface area contributed by atoms with Crippen molar-refractivity contribution in [3.63, 3.8) is 0 Å². The van der Waals surface area contributed by atoms with Crippen LogP contribution in [0.2, 0.25) is 0 Å². The summed E-state index contributed by atoms with van der Waals surface area (Å²) < 4.78 is 18.7. The molecular weight excluding hydrogens is 273 g/mol. The number of methoxy groups -OCH3 is 1. The van der Waals surface area contributed by atoms with E-state index in [9.17, 15) is 14.3 Å². The lowest BCUT2D eigenvalue weighted by molar-refractivity contribution is 0.0912. The first-order chi connectivity index (χ1) is 10.2. The molecule has 0 aliphatic carbocycles. The van der Waals surface area contributed by atoms with Gasteiger partial charge in [0.2, 0.25) is 0 Å². The zero-order chi connectivity index (χ0) is 15.2. The van der Waals surface area contributed by atoms with Crippen LogP contribution in [0.15, 0.2) is 48.5 Å². The number of hydrogen-bond donors (Lipinski definition) is 2. The molecule has 2 aromatic rings. The number of rotatable bonds is 5. The van der Waals surface area contributed by atoms with E-state index >= 15 is 0 Å². The fourth-order valence-electron chi connectivity index (χ4n) is 1.96. The molecule has 0 aromatic heterocycles. The van der Waals surface area contributed by atoms with Gasteiger partial charge in [-0.15, -0.1) is 0 Å². The Labute approximate surface area is 122 Å². The average molecular weight is 289 g/mol. The smallest absolute Gasteiger partial charge is 0.254 e. The van der Waals surface area contributed by atoms with Crippen molar-refractivity contribution in [2.45, 2.75) is 6.04 Å². The normalized spacial score (nSPS) is 11.8. The summed E-state index contributed by atoms with van der Waals surface area (Å²) in [6.07, 6.45) is 0. The van der Waals surface area contributed by atoms with Gasteiger partial charge in [0.05, 0.1) is 25.3 Å². The average Bonchev–Trinajstić information content (AvgIpc) is 2.53. The van der Waals surface area contributed by atoms with Gasteiger partial charge >= 0.3 is 0 Å². The molecule has 0 aliphatic heterocycles. The van der Waals surface area contributed by atoms with Crippen molar-refractivity contribution in [3.8, 4) is 5.75 Å². The summed E-state index contributed by atoms with van der Waals surface area (Å²) >= 11 is 0. The van der Waals surface area contributed by atoms with Crippen LogP contribution in [-0.2, 0) is 0 Å². The van der Waals surface area contributed by atoms with Crippen LogP contribution in [0.25, 0.3) is 0 Å². The van der Waals surface area contributed by atoms with Crippen LogP contribution >= 0.6 is 0 Å². The van der Waals surface area contributed by atoms with Crippen LogP contribution < -0.4 is 10.1 Å². The minimum Gasteiger partial charge on any atom is -0.497 e. The Morgan fingerprint density at radius 3 is 2.57 bits per heavy atom. The first-order valence-electron chi connectivity index (χ1n) is 6.46. The van der Waals surface area contributed by atoms with Gasteiger partial charge in [-0.1, -0.05) is 30.3 Å². The molecule has 2 N–H and O–H groups in total. The molecule has 4 nitrogen and oxygen atoms in total. The van der Waals surface area contributed by atoms with Crippen molar-refractivity contribution in [1.29, 1.82) is 0 Å². The Bertz CT molecular complexity index is 616. The van der Waals surface area contributed by atoms with Gasteiger partial charge in [-0.3, -0.25) is 4.79 Å². The molecule has 2 aromatic carbocycles. The second-order valence-electron chi connectivity index (χ2n) is 4.47. The number of amides is 1. The van der Waals surface area contributed by atoms with Crippen LogP contribution in [0.4, 0.5) is 4.39 Å². The Morgan fingerprint density at radius 1 is 1.29 bits per heavy atom. The van der Waals surface area contributed by atoms with Crippen molar-refractivity contribution in [3.05, 3.63) is 65.5 Å². The van der Waals surface area contributed by atoms with Crippen molar-refractivity contribution in [2.75, 3.05) is 13.7 Å². The van der Waals surface area contributed by atoms with E-state index in [1.54, 1.807) is 24.3 Å². The molecule has 0 radical (unpaired) electrons. The summed E-state index contributed by atoms with van der Waals surface area (Å²) in [4.78, 5) is 12.1. The topological polar surface area (TPSA) is 58.6 Å². The lowest BCUT2D eigenvalue weighted by atomic mass is 10.1. The highest BCUT2D eigenvalue weighted by molar-refractivity contribution is 5.94. The lowest BCUT2D eigenvalue weighted by Crippen LogP contribution is -2.31. The molecule has 21 heavy (non-hydrogen) atoms. The molecule has 0 heterocycles. The molecule has 0 saturated carbocycles. The second kappa shape index (κ2) is 6.85. The van der Waals surface area contributed by atoms with Crippen LogP contribution in [0.5, 0.6) is 5.75 Å². The Hall–Kier alpha value is -2.40. The van der Waals surface area contributed by atoms with E-state index in [1.165, 1.54) is 19.2 Å². The number of aliphatic hydroxyl groups excluding tert-OH is 1. The van der Waals surface area contributed by atoms with Crippen LogP contribution in [0, 0.1) is 5.82 Å². The maximum absolute atomic E-state index is 13.8. The molecule has 1 amide bonds. The largest absolute Gasteiger partial charge is 0.497 e. The minimum atomic E-state index is -0.670. The number of aliphatic hydroxyl groups is 1. The van der Waals surface area contributed by atoms with Crippen molar-refractivity contribution >= 4 is 5.91 Å². The highest BCUT2D eigenvalue weighted by Crippen LogP contribution is 2.18. The maximum Gasteiger partial charge on any atom is 0.254 e. The van der Waals surface area contributed by atoms with E-state index < -0.39 is 17.8 Å². The Kier molecular flexibility index (Phi) is 4.90. The quantitative estimate of drug-likeness (QED) is 0.888. The van der Waals surface area contributed by atoms with E-state index in [-0.39, 0.29) is 12.2 Å². The molecular formula is C16H16FNO3. The zero-order valence-electron chi connectivity index (χ0n) is 11.5. The Balaban J connectivity index is 2.17. The van der Waals surface area contributed by atoms with E-state index in [0.29, 0.717) is 5.75 Å². The molecule has 0 saturated heterocycles. The molecule has 0 aliphatic rings. The van der Waals surface area contributed by atoms with Crippen molar-refractivity contribution in [2.24, 2.45) is 0 Å². The number of ether oxygens (including phenoxy) is 1. The molecule has 1 atom stereocenters. The third-order valence-corrected chi connectivity index (χ3v) is 3.11. The number of halogens is 1. The van der Waals surface area contributed by atoms with Gasteiger partial charge < -0.3 is 15.2 Å². The zero-order valence-corrected chi connectivity index (χ0v) is 11.5. The van der Waals surface area contributed by atoms with Crippen LogP contribution in [-0.4, -0.2) is 24.7 Å². The summed E-state index contributed by atoms with van der Waals surface area (Å²) in [5.41, 5.74) is 0.660. The molecule has 0 bridgehead atoms. The summed E-state index contributed by atoms with van der Waals surface area (Å²) in [5, 5.41) is 12.0. The number of nitrogens with one attached hydrogen (secondary N) is 1. The second-order valence-corrected chi connectivity index (χ2v) is 4.47. The maximum atomic E-state index is 13.8. The highest BCUT2D eigenvalue weighted by Gasteiger charge is 2.17. The summed E-state index contributed by atoms with van der Waals surface area (Å²) in [6, 6.07) is 12.4. The van der Waals surface area contributed by atoms with Crippen molar-refractivity contribution < 1.29 is 19.0 Å². The third kappa shape index (κ3) is 3.58. The van der Waals surface area contributed by atoms with Gasteiger partial charge in [0.25, 0.3) is 5.91 Å². The Morgan fingerprint density at radius 2 is 2.00 bits per heavy atom. The summed E-state index contributed by atoms with van der Waals surface area (Å²) in [5.74, 6) is -0.916. The fraction of sp³-hybridized carbons (Fsp3) is 0.188. The molecule has 5 heteroatoms. The molecule has 0 fully saturated rings. The number of carbonyl (C=O) groups is 1. The van der Waals surface area contributed by atoms with Gasteiger partial charge in [0.1, 0.15) is 11.6 Å². The van der Waals surface area contributed by atoms with E-state index in [0.717, 1.165) is 11.6 Å². The first-order valence-corrected chi connectivity index (χ1v) is 6.46. The molecule has 110 valence electrons. The molecule has 2 rings (SSSR count). The van der Waals surface area contributed by atoms with Gasteiger partial charge in [-0.2, -0.15) is 0 Å². The predicted molar refractivity (Wildman–Crippen MR) is 76.7 cm³/mol. The van der Waals surface area contributed by atoms with Crippen molar-refractivity contribution in [1.82, 2.24) is 5.32 Å². The van der Waals surface area contributed by atoms with Gasteiger partial charge in [-0.05, 0) is 17.7 Å². The molecule has 0 spiro atoms. The summed E-state index contributed by atoms with van der Waals surface area (Å²) in [7, 11) is 1.42. The van der Waals surface area contributed by atoms with E-state index in [4.69, 9.17) is 4.74 Å². The number of benzene rings is 2. The lowest BCUT2D eigenvalue weighted by Gasteiger charge is -2.17. The van der Waals surface area contributed by atoms with Crippen LogP contribution in [0.1, 0.15) is 22.0 Å². The third-order valence-electron chi connectivity index (χ3n) is 3.11. The van der Waals surface area contributed by atoms with Gasteiger partial charge in [-0.25, -0.2) is 4.39 Å². The number of carbonyl (C=O) groups excluding carboxylic acids is 1. The predicted octanol–water partition coefficient (Wildman–Crippen LogP) is 2.30. The SMILES string of the molecule is COc1ccc(C(=O)NC(CO)c2ccccc2)c(F)c1. The fourth-order valence-corrected chi connectivity index (χ4v) is 1.96. The van der Waals surface area contributed by atoms with Gasteiger partial charge in [0.15, 0.2) is 0 Å². The van der Waals surface area contributed by atoms with E-state index in [2.05, 4.69) is 5.32 Å². The molecule has 1 unspecified atom stereocenters. The van der Waals surface area contributed by atoms with Crippen LogP contribution in [0.3, 0.4) is 0 Å². The standard InChI is InChI=1S/C16H16FNO3/c1-21-12-7-8-13(14(17)9-12)16(20)18-15(10-19)11-5-3-2-4-6-11/h2-9,15,19H,10H2,1H3,(H,18,20). The first kappa shape index (κ1) is 15.0. The van der Waals surface area contributed by atoms with E-state index in [1.807, 2.05) is 6.07 Å². The summed E-state index contributed by atoms with van der Waals surface area (Å²) in [6.45, 7) is -0.270. The highest BCUT2D eigenvalue weighted by atomic mass is 19.1. The number of hydrogen-bond acceptors (Lipinski definition) is 3. The minimum absolute atomic E-state index is 0.0924.